The van der Waals surface area contributed by atoms with E-state index in [0.717, 1.165) is 31.2 Å². The van der Waals surface area contributed by atoms with Gasteiger partial charge in [-0.05, 0) is 18.9 Å². The van der Waals surface area contributed by atoms with Crippen LogP contribution >= 0.6 is 0 Å². The normalized spacial score (nSPS) is 18.9. The lowest BCUT2D eigenvalue weighted by molar-refractivity contribution is -0.132. The Morgan fingerprint density at radius 3 is 2.76 bits per heavy atom. The summed E-state index contributed by atoms with van der Waals surface area (Å²) in [7, 11) is 0. The quantitative estimate of drug-likeness (QED) is 0.837. The van der Waals surface area contributed by atoms with Gasteiger partial charge in [0.05, 0.1) is 17.9 Å². The summed E-state index contributed by atoms with van der Waals surface area (Å²) in [5.74, 6) is 0.0981. The molecule has 1 heterocycles. The van der Waals surface area contributed by atoms with Gasteiger partial charge in [0, 0.05) is 18.7 Å². The van der Waals surface area contributed by atoms with Gasteiger partial charge in [-0.25, -0.2) is 0 Å². The molecule has 4 heteroatoms. The molecule has 1 aliphatic rings. The lowest BCUT2D eigenvalue weighted by Gasteiger charge is -2.34. The topological polar surface area (TPSA) is 68.3 Å². The predicted molar refractivity (Wildman–Crippen MR) is 65.1 cm³/mol. The number of carbonyl (C=O) groups excluding carboxylic acids is 1. The first-order valence-electron chi connectivity index (χ1n) is 6.26. The maximum Gasteiger partial charge on any atom is 0.227 e. The molecule has 1 fully saturated rings. The minimum absolute atomic E-state index is 0.0981. The molecule has 0 atom stereocenters. The van der Waals surface area contributed by atoms with Gasteiger partial charge in [-0.1, -0.05) is 19.3 Å². The number of carbonyl (C=O) groups is 1. The van der Waals surface area contributed by atoms with Crippen molar-refractivity contribution in [2.75, 3.05) is 6.54 Å². The van der Waals surface area contributed by atoms with Crippen LogP contribution in [0.4, 0.5) is 0 Å². The van der Waals surface area contributed by atoms with Crippen LogP contribution in [0.25, 0.3) is 0 Å². The second kappa shape index (κ2) is 5.36. The number of hydrogen-bond acceptors (Lipinski definition) is 3. The van der Waals surface area contributed by atoms with Crippen molar-refractivity contribution in [3.05, 3.63) is 24.2 Å². The van der Waals surface area contributed by atoms with Gasteiger partial charge >= 0.3 is 0 Å². The van der Waals surface area contributed by atoms with Crippen LogP contribution < -0.4 is 11.1 Å². The fourth-order valence-corrected chi connectivity index (χ4v) is 2.52. The first kappa shape index (κ1) is 12.2. The Morgan fingerprint density at radius 2 is 2.18 bits per heavy atom. The van der Waals surface area contributed by atoms with Crippen LogP contribution in [0.15, 0.2) is 23.0 Å². The monoisotopic (exact) mass is 236 g/mol. The number of hydrogen-bond donors (Lipinski definition) is 2. The Morgan fingerprint density at radius 1 is 1.41 bits per heavy atom. The molecule has 0 spiro atoms. The van der Waals surface area contributed by atoms with Crippen LogP contribution in [0.2, 0.25) is 0 Å². The molecule has 1 aliphatic carbocycles. The Balaban J connectivity index is 1.93. The van der Waals surface area contributed by atoms with Crippen LogP contribution in [-0.2, 0) is 11.3 Å². The highest BCUT2D eigenvalue weighted by atomic mass is 16.3. The largest absolute Gasteiger partial charge is 0.472 e. The molecule has 2 rings (SSSR count). The summed E-state index contributed by atoms with van der Waals surface area (Å²) in [5.41, 5.74) is 6.46. The summed E-state index contributed by atoms with van der Waals surface area (Å²) in [6.07, 6.45) is 8.53. The summed E-state index contributed by atoms with van der Waals surface area (Å²) in [6.45, 7) is 0.974. The van der Waals surface area contributed by atoms with Gasteiger partial charge in [0.25, 0.3) is 0 Å². The maximum absolute atomic E-state index is 12.2. The van der Waals surface area contributed by atoms with E-state index in [1.54, 1.807) is 12.5 Å². The van der Waals surface area contributed by atoms with Crippen molar-refractivity contribution in [2.45, 2.75) is 38.6 Å². The molecular formula is C13H20N2O2. The van der Waals surface area contributed by atoms with Crippen molar-refractivity contribution >= 4 is 5.91 Å². The summed E-state index contributed by atoms with van der Waals surface area (Å²) in [6, 6.07) is 1.86. The van der Waals surface area contributed by atoms with Crippen LogP contribution in [0.3, 0.4) is 0 Å². The number of rotatable bonds is 4. The van der Waals surface area contributed by atoms with Crippen molar-refractivity contribution in [1.29, 1.82) is 0 Å². The molecule has 94 valence electrons. The lowest BCUT2D eigenvalue weighted by atomic mass is 9.73. The van der Waals surface area contributed by atoms with Gasteiger partial charge in [-0.3, -0.25) is 4.79 Å². The molecule has 0 saturated heterocycles. The molecule has 1 aromatic heterocycles. The van der Waals surface area contributed by atoms with Crippen LogP contribution in [0.1, 0.15) is 37.7 Å². The minimum Gasteiger partial charge on any atom is -0.472 e. The molecule has 0 unspecified atom stereocenters. The van der Waals surface area contributed by atoms with Crippen LogP contribution in [0, 0.1) is 5.41 Å². The first-order chi connectivity index (χ1) is 8.27. The molecule has 0 bridgehead atoms. The molecule has 4 nitrogen and oxygen atoms in total. The van der Waals surface area contributed by atoms with E-state index in [9.17, 15) is 4.79 Å². The molecule has 3 N–H and O–H groups in total. The fourth-order valence-electron chi connectivity index (χ4n) is 2.52. The molecule has 0 radical (unpaired) electrons. The zero-order chi connectivity index (χ0) is 12.1. The third-order valence-corrected chi connectivity index (χ3v) is 3.72. The zero-order valence-corrected chi connectivity index (χ0v) is 10.1. The molecular weight excluding hydrogens is 216 g/mol. The van der Waals surface area contributed by atoms with Crippen molar-refractivity contribution in [3.63, 3.8) is 0 Å². The zero-order valence-electron chi connectivity index (χ0n) is 10.1. The SMILES string of the molecule is NCC1(C(=O)NCc2ccoc2)CCCCC1. The summed E-state index contributed by atoms with van der Waals surface area (Å²) < 4.78 is 4.97. The van der Waals surface area contributed by atoms with E-state index < -0.39 is 0 Å². The summed E-state index contributed by atoms with van der Waals surface area (Å²) >= 11 is 0. The van der Waals surface area contributed by atoms with E-state index in [1.165, 1.54) is 6.42 Å². The highest BCUT2D eigenvalue weighted by molar-refractivity contribution is 5.83. The standard InChI is InChI=1S/C13H20N2O2/c14-10-13(5-2-1-3-6-13)12(16)15-8-11-4-7-17-9-11/h4,7,9H,1-3,5-6,8,10,14H2,(H,15,16). The lowest BCUT2D eigenvalue weighted by Crippen LogP contribution is -2.46. The number of furan rings is 1. The van der Waals surface area contributed by atoms with E-state index in [-0.39, 0.29) is 11.3 Å². The van der Waals surface area contributed by atoms with Gasteiger partial charge in [0.15, 0.2) is 0 Å². The Labute approximate surface area is 102 Å². The van der Waals surface area contributed by atoms with E-state index in [4.69, 9.17) is 10.2 Å². The summed E-state index contributed by atoms with van der Waals surface area (Å²) in [4.78, 5) is 12.2. The van der Waals surface area contributed by atoms with Gasteiger partial charge in [0.2, 0.25) is 5.91 Å². The van der Waals surface area contributed by atoms with Gasteiger partial charge in [-0.2, -0.15) is 0 Å². The molecule has 0 aliphatic heterocycles. The van der Waals surface area contributed by atoms with Crippen LogP contribution in [0.5, 0.6) is 0 Å². The Kier molecular flexibility index (Phi) is 3.84. The van der Waals surface area contributed by atoms with Gasteiger partial charge in [-0.15, -0.1) is 0 Å². The number of nitrogens with one attached hydrogen (secondary N) is 1. The van der Waals surface area contributed by atoms with Gasteiger partial charge < -0.3 is 15.5 Å². The maximum atomic E-state index is 12.2. The fraction of sp³-hybridized carbons (Fsp3) is 0.615. The smallest absolute Gasteiger partial charge is 0.227 e. The van der Waals surface area contributed by atoms with Crippen molar-refractivity contribution in [3.8, 4) is 0 Å². The Bertz CT molecular complexity index is 354. The van der Waals surface area contributed by atoms with E-state index in [2.05, 4.69) is 5.32 Å². The van der Waals surface area contributed by atoms with Crippen molar-refractivity contribution in [1.82, 2.24) is 5.32 Å². The Hall–Kier alpha value is -1.29. The molecule has 1 amide bonds. The molecule has 0 aromatic carbocycles. The average Bonchev–Trinajstić information content (AvgIpc) is 2.90. The predicted octanol–water partition coefficient (Wildman–Crippen LogP) is 1.80. The minimum atomic E-state index is -0.331. The highest BCUT2D eigenvalue weighted by Gasteiger charge is 2.37. The number of nitrogens with two attached hydrogens (primary N) is 1. The average molecular weight is 236 g/mol. The van der Waals surface area contributed by atoms with Crippen molar-refractivity contribution in [2.24, 2.45) is 11.1 Å². The first-order valence-corrected chi connectivity index (χ1v) is 6.26. The highest BCUT2D eigenvalue weighted by Crippen LogP contribution is 2.35. The summed E-state index contributed by atoms with van der Waals surface area (Å²) in [5, 5.41) is 2.97. The van der Waals surface area contributed by atoms with E-state index >= 15 is 0 Å². The van der Waals surface area contributed by atoms with Crippen molar-refractivity contribution < 1.29 is 9.21 Å². The second-order valence-corrected chi connectivity index (χ2v) is 4.86. The molecule has 1 aromatic rings. The number of amides is 1. The van der Waals surface area contributed by atoms with E-state index in [1.807, 2.05) is 6.07 Å². The van der Waals surface area contributed by atoms with Gasteiger partial charge in [0.1, 0.15) is 0 Å². The second-order valence-electron chi connectivity index (χ2n) is 4.86. The molecule has 1 saturated carbocycles. The van der Waals surface area contributed by atoms with Crippen LogP contribution in [-0.4, -0.2) is 12.5 Å². The van der Waals surface area contributed by atoms with E-state index in [0.29, 0.717) is 13.1 Å². The molecule has 17 heavy (non-hydrogen) atoms. The third-order valence-electron chi connectivity index (χ3n) is 3.72. The third kappa shape index (κ3) is 2.69.